The topological polar surface area (TPSA) is 136 Å². The van der Waals surface area contributed by atoms with Gasteiger partial charge in [0.15, 0.2) is 0 Å². The molecule has 0 radical (unpaired) electrons. The van der Waals surface area contributed by atoms with Crippen molar-refractivity contribution >= 4 is 50.5 Å². The minimum absolute atomic E-state index is 0.0618. The molecule has 0 unspecified atom stereocenters. The Balaban J connectivity index is 1.82. The van der Waals surface area contributed by atoms with Gasteiger partial charge >= 0.3 is 0 Å². The van der Waals surface area contributed by atoms with Gasteiger partial charge in [-0.15, -0.1) is 0 Å². The van der Waals surface area contributed by atoms with Gasteiger partial charge in [-0.25, -0.2) is 0 Å². The molecule has 31 heavy (non-hydrogen) atoms. The first-order valence-corrected chi connectivity index (χ1v) is 9.63. The molecule has 0 spiro atoms. The molecule has 9 nitrogen and oxygen atoms in total. The second kappa shape index (κ2) is 6.92. The van der Waals surface area contributed by atoms with Gasteiger partial charge in [0.1, 0.15) is 0 Å². The summed E-state index contributed by atoms with van der Waals surface area (Å²) in [6.07, 6.45) is 3.44. The predicted octanol–water partition coefficient (Wildman–Crippen LogP) is 2.56. The standard InChI is InChI=1S/C22H17N5O4/c23-7-8-26-11-16(14-6-5-12(27(30)31)9-18(14)26)20-19(21(28)25-22(20)29)15-10-24-17-4-2-1-3-13(15)17/h1-6,9-11,24H,7-8,23H2,(H,25,28,29). The van der Waals surface area contributed by atoms with Gasteiger partial charge in [0.05, 0.1) is 21.6 Å². The van der Waals surface area contributed by atoms with E-state index < -0.39 is 16.7 Å². The highest BCUT2D eigenvalue weighted by Gasteiger charge is 2.35. The summed E-state index contributed by atoms with van der Waals surface area (Å²) in [5.74, 6) is -0.984. The Hall–Kier alpha value is -4.24. The molecule has 0 bridgehead atoms. The number of nitrogens with one attached hydrogen (secondary N) is 2. The largest absolute Gasteiger partial charge is 0.361 e. The van der Waals surface area contributed by atoms with Crippen LogP contribution in [0.1, 0.15) is 11.1 Å². The van der Waals surface area contributed by atoms with Crippen LogP contribution >= 0.6 is 0 Å². The molecule has 0 fully saturated rings. The number of nitrogens with two attached hydrogens (primary N) is 1. The number of fused-ring (bicyclic) bond motifs is 2. The Bertz CT molecular complexity index is 1440. The van der Waals surface area contributed by atoms with Crippen LogP contribution in [0.4, 0.5) is 5.69 Å². The number of nitro groups is 1. The summed E-state index contributed by atoms with van der Waals surface area (Å²) < 4.78 is 1.77. The van der Waals surface area contributed by atoms with Crippen LogP contribution in [0, 0.1) is 10.1 Å². The van der Waals surface area contributed by atoms with Crippen LogP contribution in [0.25, 0.3) is 33.0 Å². The number of hydrogen-bond donors (Lipinski definition) is 3. The van der Waals surface area contributed by atoms with Crippen LogP contribution in [0.3, 0.4) is 0 Å². The number of nitrogens with zero attached hydrogens (tertiary/aromatic N) is 2. The Morgan fingerprint density at radius 1 is 1.00 bits per heavy atom. The number of para-hydroxylation sites is 1. The molecular weight excluding hydrogens is 398 g/mol. The third-order valence-electron chi connectivity index (χ3n) is 5.51. The summed E-state index contributed by atoms with van der Waals surface area (Å²) in [5, 5.41) is 15.1. The number of rotatable bonds is 5. The van der Waals surface area contributed by atoms with Gasteiger partial charge in [-0.1, -0.05) is 18.2 Å². The maximum atomic E-state index is 12.9. The van der Waals surface area contributed by atoms with Gasteiger partial charge in [-0.2, -0.15) is 0 Å². The first kappa shape index (κ1) is 18.8. The van der Waals surface area contributed by atoms with E-state index in [4.69, 9.17) is 5.73 Å². The zero-order valence-corrected chi connectivity index (χ0v) is 16.2. The smallest absolute Gasteiger partial charge is 0.271 e. The number of carbonyl (C=O) groups is 2. The average Bonchev–Trinajstić information content (AvgIpc) is 3.41. The van der Waals surface area contributed by atoms with E-state index in [1.807, 2.05) is 24.3 Å². The average molecular weight is 415 g/mol. The molecule has 0 atom stereocenters. The van der Waals surface area contributed by atoms with Crippen LogP contribution in [-0.2, 0) is 16.1 Å². The van der Waals surface area contributed by atoms with E-state index in [0.29, 0.717) is 35.1 Å². The number of aromatic amines is 1. The summed E-state index contributed by atoms with van der Waals surface area (Å²) in [6.45, 7) is 0.717. The van der Waals surface area contributed by atoms with Crippen molar-refractivity contribution in [3.63, 3.8) is 0 Å². The van der Waals surface area contributed by atoms with Crippen LogP contribution in [0.5, 0.6) is 0 Å². The molecule has 4 aromatic rings. The number of imide groups is 1. The maximum absolute atomic E-state index is 12.9. The molecule has 0 aliphatic carbocycles. The molecule has 5 rings (SSSR count). The Labute approximate surface area is 175 Å². The van der Waals surface area contributed by atoms with Gasteiger partial charge in [0, 0.05) is 65.0 Å². The number of nitro benzene ring substituents is 1. The minimum Gasteiger partial charge on any atom is -0.361 e. The molecule has 1 aliphatic rings. The lowest BCUT2D eigenvalue weighted by Crippen LogP contribution is -2.22. The van der Waals surface area contributed by atoms with Gasteiger partial charge in [0.2, 0.25) is 0 Å². The van der Waals surface area contributed by atoms with Crippen LogP contribution < -0.4 is 11.1 Å². The third kappa shape index (κ3) is 2.82. The number of non-ortho nitro benzene ring substituents is 1. The molecule has 2 amide bonds. The van der Waals surface area contributed by atoms with E-state index in [1.54, 1.807) is 23.0 Å². The monoisotopic (exact) mass is 415 g/mol. The summed E-state index contributed by atoms with van der Waals surface area (Å²) >= 11 is 0. The lowest BCUT2D eigenvalue weighted by atomic mass is 9.95. The molecule has 0 saturated heterocycles. The van der Waals surface area contributed by atoms with Crippen molar-refractivity contribution in [3.05, 3.63) is 76.1 Å². The first-order chi connectivity index (χ1) is 15.0. The van der Waals surface area contributed by atoms with E-state index in [9.17, 15) is 19.7 Å². The second-order valence-corrected chi connectivity index (χ2v) is 7.26. The highest BCUT2D eigenvalue weighted by Crippen LogP contribution is 2.38. The molecule has 2 aromatic heterocycles. The van der Waals surface area contributed by atoms with E-state index in [1.165, 1.54) is 12.1 Å². The first-order valence-electron chi connectivity index (χ1n) is 9.63. The van der Waals surface area contributed by atoms with Gasteiger partial charge in [-0.05, 0) is 12.1 Å². The fourth-order valence-electron chi connectivity index (χ4n) is 4.16. The number of H-pyrrole nitrogens is 1. The number of carbonyl (C=O) groups excluding carboxylic acids is 2. The number of hydrogen-bond acceptors (Lipinski definition) is 5. The van der Waals surface area contributed by atoms with E-state index in [0.717, 1.165) is 10.9 Å². The number of aromatic nitrogens is 2. The maximum Gasteiger partial charge on any atom is 0.271 e. The van der Waals surface area contributed by atoms with E-state index >= 15 is 0 Å². The van der Waals surface area contributed by atoms with Crippen molar-refractivity contribution in [2.45, 2.75) is 6.54 Å². The summed E-state index contributed by atoms with van der Waals surface area (Å²) in [4.78, 5) is 39.6. The summed E-state index contributed by atoms with van der Waals surface area (Å²) in [6, 6.07) is 12.0. The van der Waals surface area contributed by atoms with Gasteiger partial charge < -0.3 is 15.3 Å². The lowest BCUT2D eigenvalue weighted by molar-refractivity contribution is -0.384. The fraction of sp³-hybridized carbons (Fsp3) is 0.0909. The molecule has 1 aliphatic heterocycles. The fourth-order valence-corrected chi connectivity index (χ4v) is 4.16. The zero-order valence-electron chi connectivity index (χ0n) is 16.2. The van der Waals surface area contributed by atoms with Crippen LogP contribution in [0.2, 0.25) is 0 Å². The number of benzene rings is 2. The molecular formula is C22H17N5O4. The van der Waals surface area contributed by atoms with E-state index in [2.05, 4.69) is 10.3 Å². The highest BCUT2D eigenvalue weighted by atomic mass is 16.6. The number of amides is 2. The van der Waals surface area contributed by atoms with E-state index in [-0.39, 0.29) is 16.8 Å². The third-order valence-corrected chi connectivity index (χ3v) is 5.51. The van der Waals surface area contributed by atoms with Gasteiger partial charge in [-0.3, -0.25) is 25.0 Å². The van der Waals surface area contributed by atoms with Crippen LogP contribution in [-0.4, -0.2) is 32.8 Å². The van der Waals surface area contributed by atoms with Crippen molar-refractivity contribution < 1.29 is 14.5 Å². The van der Waals surface area contributed by atoms with Crippen molar-refractivity contribution in [3.8, 4) is 0 Å². The molecule has 0 saturated carbocycles. The van der Waals surface area contributed by atoms with Crippen molar-refractivity contribution in [1.29, 1.82) is 0 Å². The predicted molar refractivity (Wildman–Crippen MR) is 116 cm³/mol. The summed E-state index contributed by atoms with van der Waals surface area (Å²) in [5.41, 5.74) is 8.75. The molecule has 9 heteroatoms. The van der Waals surface area contributed by atoms with Crippen molar-refractivity contribution in [2.75, 3.05) is 6.54 Å². The SMILES string of the molecule is NCCn1cc(C2=C(c3c[nH]c4ccccc34)C(=O)NC2=O)c2ccc([N+](=O)[O-])cc21. The zero-order chi connectivity index (χ0) is 21.7. The van der Waals surface area contributed by atoms with Crippen molar-refractivity contribution in [2.24, 2.45) is 5.73 Å². The van der Waals surface area contributed by atoms with Crippen molar-refractivity contribution in [1.82, 2.24) is 14.9 Å². The highest BCUT2D eigenvalue weighted by molar-refractivity contribution is 6.50. The second-order valence-electron chi connectivity index (χ2n) is 7.26. The quantitative estimate of drug-likeness (QED) is 0.261. The molecule has 4 N–H and O–H groups in total. The normalized spacial score (nSPS) is 14.1. The molecule has 154 valence electrons. The molecule has 2 aromatic carbocycles. The lowest BCUT2D eigenvalue weighted by Gasteiger charge is -2.03. The Morgan fingerprint density at radius 2 is 1.74 bits per heavy atom. The summed E-state index contributed by atoms with van der Waals surface area (Å²) in [7, 11) is 0. The minimum atomic E-state index is -0.504. The van der Waals surface area contributed by atoms with Crippen LogP contribution in [0.15, 0.2) is 54.9 Å². The Kier molecular flexibility index (Phi) is 4.19. The Morgan fingerprint density at radius 3 is 2.48 bits per heavy atom. The molecule has 3 heterocycles. The van der Waals surface area contributed by atoms with Gasteiger partial charge in [0.25, 0.3) is 17.5 Å².